The number of aliphatic hydroxyl groups is 1. The molecule has 0 atom stereocenters. The maximum Gasteiger partial charge on any atom is 0.146 e. The molecule has 0 aromatic heterocycles. The summed E-state index contributed by atoms with van der Waals surface area (Å²) in [5, 5.41) is 8.61. The van der Waals surface area contributed by atoms with Crippen molar-refractivity contribution in [2.45, 2.75) is 19.3 Å². The molecule has 7 N–H and O–H groups in total. The lowest BCUT2D eigenvalue weighted by Crippen LogP contribution is -2.04. The van der Waals surface area contributed by atoms with E-state index in [2.05, 4.69) is 0 Å². The number of benzene rings is 1. The van der Waals surface area contributed by atoms with Crippen LogP contribution in [0.4, 0.5) is 17.1 Å². The zero-order valence-corrected chi connectivity index (χ0v) is 9.28. The number of nitrogen functional groups attached to an aromatic ring is 3. The van der Waals surface area contributed by atoms with Gasteiger partial charge < -0.3 is 27.0 Å². The van der Waals surface area contributed by atoms with Crippen LogP contribution in [0, 0.1) is 0 Å². The van der Waals surface area contributed by atoms with Gasteiger partial charge in [-0.3, -0.25) is 0 Å². The molecule has 0 spiro atoms. The topological polar surface area (TPSA) is 108 Å². The van der Waals surface area contributed by atoms with Crippen molar-refractivity contribution < 1.29 is 9.84 Å². The Balaban J connectivity index is 2.47. The van der Waals surface area contributed by atoms with Gasteiger partial charge in [-0.25, -0.2) is 0 Å². The van der Waals surface area contributed by atoms with E-state index in [9.17, 15) is 0 Å². The first-order chi connectivity index (χ1) is 7.65. The van der Waals surface area contributed by atoms with Crippen LogP contribution >= 0.6 is 0 Å². The Morgan fingerprint density at radius 1 is 1.06 bits per heavy atom. The number of hydrogen-bond donors (Lipinski definition) is 4. The molecular weight excluding hydrogens is 206 g/mol. The molecule has 0 fully saturated rings. The van der Waals surface area contributed by atoms with Crippen molar-refractivity contribution in [3.05, 3.63) is 12.1 Å². The molecule has 0 saturated carbocycles. The molecule has 0 amide bonds. The second-order valence-corrected chi connectivity index (χ2v) is 3.65. The molecule has 0 unspecified atom stereocenters. The Morgan fingerprint density at radius 2 is 1.81 bits per heavy atom. The van der Waals surface area contributed by atoms with Gasteiger partial charge in [0.25, 0.3) is 0 Å². The lowest BCUT2D eigenvalue weighted by Gasteiger charge is -2.11. The van der Waals surface area contributed by atoms with Gasteiger partial charge >= 0.3 is 0 Å². The van der Waals surface area contributed by atoms with Crippen LogP contribution < -0.4 is 21.9 Å². The highest BCUT2D eigenvalue weighted by Gasteiger charge is 2.05. The molecular formula is C11H19N3O2. The maximum atomic E-state index is 8.61. The molecule has 16 heavy (non-hydrogen) atoms. The predicted octanol–water partition coefficient (Wildman–Crippen LogP) is 0.975. The van der Waals surface area contributed by atoms with Crippen molar-refractivity contribution in [2.75, 3.05) is 30.4 Å². The molecule has 5 nitrogen and oxygen atoms in total. The minimum Gasteiger partial charge on any atom is -0.491 e. The Kier molecular flexibility index (Phi) is 4.72. The van der Waals surface area contributed by atoms with Gasteiger partial charge in [-0.2, -0.15) is 0 Å². The van der Waals surface area contributed by atoms with E-state index in [0.717, 1.165) is 19.3 Å². The number of aliphatic hydroxyl groups excluding tert-OH is 1. The summed E-state index contributed by atoms with van der Waals surface area (Å²) >= 11 is 0. The molecule has 0 heterocycles. The normalized spacial score (nSPS) is 10.3. The van der Waals surface area contributed by atoms with Crippen molar-refractivity contribution in [1.29, 1.82) is 0 Å². The smallest absolute Gasteiger partial charge is 0.146 e. The fraction of sp³-hybridized carbons (Fsp3) is 0.455. The predicted molar refractivity (Wildman–Crippen MR) is 66.1 cm³/mol. The monoisotopic (exact) mass is 225 g/mol. The highest BCUT2D eigenvalue weighted by atomic mass is 16.5. The number of hydrogen-bond acceptors (Lipinski definition) is 5. The van der Waals surface area contributed by atoms with Gasteiger partial charge in [0.1, 0.15) is 5.75 Å². The summed E-state index contributed by atoms with van der Waals surface area (Å²) < 4.78 is 5.48. The number of anilines is 3. The van der Waals surface area contributed by atoms with Gasteiger partial charge in [0.05, 0.1) is 18.0 Å². The van der Waals surface area contributed by atoms with E-state index in [1.807, 2.05) is 0 Å². The summed E-state index contributed by atoms with van der Waals surface area (Å²) in [7, 11) is 0. The molecule has 1 aromatic carbocycles. The van der Waals surface area contributed by atoms with Gasteiger partial charge in [-0.05, 0) is 25.3 Å². The van der Waals surface area contributed by atoms with Crippen LogP contribution in [0.25, 0.3) is 0 Å². The summed E-state index contributed by atoms with van der Waals surface area (Å²) in [4.78, 5) is 0. The third-order valence-corrected chi connectivity index (χ3v) is 2.26. The number of nitrogens with two attached hydrogens (primary N) is 3. The summed E-state index contributed by atoms with van der Waals surface area (Å²) in [6.07, 6.45) is 2.58. The van der Waals surface area contributed by atoms with Crippen LogP contribution in [0.3, 0.4) is 0 Å². The van der Waals surface area contributed by atoms with Crippen molar-refractivity contribution >= 4 is 17.1 Å². The van der Waals surface area contributed by atoms with E-state index in [4.69, 9.17) is 27.0 Å². The van der Waals surface area contributed by atoms with Crippen LogP contribution in [-0.2, 0) is 0 Å². The molecule has 0 saturated heterocycles. The van der Waals surface area contributed by atoms with E-state index in [1.54, 1.807) is 12.1 Å². The second kappa shape index (κ2) is 6.07. The number of rotatable bonds is 6. The SMILES string of the molecule is Nc1cc(N)c(N)c(OCCCCCO)c1. The zero-order valence-electron chi connectivity index (χ0n) is 9.28. The first-order valence-corrected chi connectivity index (χ1v) is 5.33. The first-order valence-electron chi connectivity index (χ1n) is 5.33. The van der Waals surface area contributed by atoms with Gasteiger partial charge in [0.15, 0.2) is 0 Å². The molecule has 1 rings (SSSR count). The maximum absolute atomic E-state index is 8.61. The van der Waals surface area contributed by atoms with E-state index in [0.29, 0.717) is 29.4 Å². The Labute approximate surface area is 95.2 Å². The summed E-state index contributed by atoms with van der Waals surface area (Å²) in [5.74, 6) is 0.529. The molecule has 90 valence electrons. The van der Waals surface area contributed by atoms with Crippen molar-refractivity contribution in [1.82, 2.24) is 0 Å². The van der Waals surface area contributed by atoms with E-state index in [1.165, 1.54) is 0 Å². The van der Waals surface area contributed by atoms with Crippen molar-refractivity contribution in [3.63, 3.8) is 0 Å². The van der Waals surface area contributed by atoms with E-state index >= 15 is 0 Å². The highest BCUT2D eigenvalue weighted by Crippen LogP contribution is 2.30. The molecule has 1 aromatic rings. The highest BCUT2D eigenvalue weighted by molar-refractivity contribution is 5.75. The van der Waals surface area contributed by atoms with E-state index < -0.39 is 0 Å². The third kappa shape index (κ3) is 3.51. The van der Waals surface area contributed by atoms with Gasteiger partial charge in [0.2, 0.25) is 0 Å². The molecule has 0 aliphatic carbocycles. The summed E-state index contributed by atoms with van der Waals surface area (Å²) in [6, 6.07) is 3.27. The zero-order chi connectivity index (χ0) is 12.0. The van der Waals surface area contributed by atoms with Crippen molar-refractivity contribution in [2.24, 2.45) is 0 Å². The van der Waals surface area contributed by atoms with Crippen LogP contribution in [-0.4, -0.2) is 18.3 Å². The summed E-state index contributed by atoms with van der Waals surface area (Å²) in [5.41, 5.74) is 18.4. The van der Waals surface area contributed by atoms with Crippen LogP contribution in [0.1, 0.15) is 19.3 Å². The standard InChI is InChI=1S/C11H19N3O2/c12-8-6-9(13)11(14)10(7-8)16-5-3-1-2-4-15/h6-7,15H,1-5,12-14H2. The van der Waals surface area contributed by atoms with Crippen LogP contribution in [0.2, 0.25) is 0 Å². The minimum absolute atomic E-state index is 0.216. The second-order valence-electron chi connectivity index (χ2n) is 3.65. The van der Waals surface area contributed by atoms with Crippen LogP contribution in [0.15, 0.2) is 12.1 Å². The van der Waals surface area contributed by atoms with Crippen molar-refractivity contribution in [3.8, 4) is 5.75 Å². The molecule has 0 aliphatic heterocycles. The first kappa shape index (κ1) is 12.4. The molecule has 0 radical (unpaired) electrons. The lowest BCUT2D eigenvalue weighted by atomic mass is 10.2. The number of unbranched alkanes of at least 4 members (excludes halogenated alkanes) is 2. The van der Waals surface area contributed by atoms with Gasteiger partial charge in [0, 0.05) is 18.4 Å². The average Bonchev–Trinajstić information content (AvgIpc) is 2.24. The summed E-state index contributed by atoms with van der Waals surface area (Å²) in [6.45, 7) is 0.764. The Morgan fingerprint density at radius 3 is 2.50 bits per heavy atom. The van der Waals surface area contributed by atoms with Gasteiger partial charge in [-0.15, -0.1) is 0 Å². The molecule has 0 bridgehead atoms. The fourth-order valence-corrected chi connectivity index (χ4v) is 1.36. The minimum atomic E-state index is 0.216. The van der Waals surface area contributed by atoms with E-state index in [-0.39, 0.29) is 6.61 Å². The fourth-order valence-electron chi connectivity index (χ4n) is 1.36. The van der Waals surface area contributed by atoms with Gasteiger partial charge in [-0.1, -0.05) is 0 Å². The quantitative estimate of drug-likeness (QED) is 0.426. The van der Waals surface area contributed by atoms with Crippen LogP contribution in [0.5, 0.6) is 5.75 Å². The Hall–Kier alpha value is -1.62. The molecule has 0 aliphatic rings. The lowest BCUT2D eigenvalue weighted by molar-refractivity contribution is 0.266. The largest absolute Gasteiger partial charge is 0.491 e. The average molecular weight is 225 g/mol. The molecule has 5 heteroatoms. The number of ether oxygens (including phenoxy) is 1. The Bertz CT molecular complexity index is 342. The third-order valence-electron chi connectivity index (χ3n) is 2.26.